The van der Waals surface area contributed by atoms with E-state index in [0.29, 0.717) is 6.42 Å². The van der Waals surface area contributed by atoms with Gasteiger partial charge < -0.3 is 16.6 Å². The highest BCUT2D eigenvalue weighted by Crippen LogP contribution is 2.26. The molecule has 0 aliphatic carbocycles. The molecule has 0 bridgehead atoms. The molecule has 0 fully saturated rings. The van der Waals surface area contributed by atoms with Crippen LogP contribution in [0.2, 0.25) is 0 Å². The van der Waals surface area contributed by atoms with Gasteiger partial charge in [-0.3, -0.25) is 4.79 Å². The first kappa shape index (κ1) is 16.1. The molecule has 1 amide bonds. The summed E-state index contributed by atoms with van der Waals surface area (Å²) in [6.45, 7) is 1.72. The van der Waals surface area contributed by atoms with Gasteiger partial charge in [0.15, 0.2) is 15.8 Å². The molecule has 0 saturated carbocycles. The molecule has 1 aromatic rings. The summed E-state index contributed by atoms with van der Waals surface area (Å²) in [5.74, 6) is -1.15. The molecule has 0 aromatic heterocycles. The second-order valence-corrected chi connectivity index (χ2v) is 6.27. The number of carbonyl (C=O) groups excluding carboxylic acids is 1. The van der Waals surface area contributed by atoms with Crippen LogP contribution in [0.3, 0.4) is 0 Å². The van der Waals surface area contributed by atoms with Crippen LogP contribution in [-0.2, 0) is 9.84 Å². The van der Waals surface area contributed by atoms with E-state index in [1.807, 2.05) is 0 Å². The first-order valence-corrected chi connectivity index (χ1v) is 7.72. The second-order valence-electron chi connectivity index (χ2n) is 4.29. The van der Waals surface area contributed by atoms with E-state index in [-0.39, 0.29) is 16.0 Å². The molecule has 1 atom stereocenters. The van der Waals surface area contributed by atoms with E-state index in [0.717, 1.165) is 6.26 Å². The first-order chi connectivity index (χ1) is 9.16. The van der Waals surface area contributed by atoms with E-state index in [2.05, 4.69) is 4.99 Å². The van der Waals surface area contributed by atoms with E-state index in [4.69, 9.17) is 11.5 Å². The van der Waals surface area contributed by atoms with E-state index in [1.54, 1.807) is 6.92 Å². The van der Waals surface area contributed by atoms with Crippen LogP contribution in [0.1, 0.15) is 35.4 Å². The Kier molecular flexibility index (Phi) is 4.85. The lowest BCUT2D eigenvalue weighted by Crippen LogP contribution is -2.24. The number of amides is 1. The number of sulfone groups is 1. The van der Waals surface area contributed by atoms with Gasteiger partial charge >= 0.3 is 0 Å². The molecule has 7 nitrogen and oxygen atoms in total. The average Bonchev–Trinajstić information content (AvgIpc) is 2.35. The summed E-state index contributed by atoms with van der Waals surface area (Å²) in [7, 11) is -3.60. The highest BCUT2D eigenvalue weighted by Gasteiger charge is 2.20. The van der Waals surface area contributed by atoms with Crippen LogP contribution < -0.4 is 11.5 Å². The lowest BCUT2D eigenvalue weighted by Gasteiger charge is -2.13. The molecule has 8 heteroatoms. The van der Waals surface area contributed by atoms with Crippen LogP contribution in [0.25, 0.3) is 0 Å². The minimum absolute atomic E-state index is 0.0332. The minimum Gasteiger partial charge on any atom is -0.388 e. The Morgan fingerprint density at radius 2 is 2.00 bits per heavy atom. The number of nitrogens with zero attached hydrogens (tertiary/aromatic N) is 1. The van der Waals surface area contributed by atoms with Crippen molar-refractivity contribution in [1.29, 1.82) is 0 Å². The van der Waals surface area contributed by atoms with E-state index >= 15 is 0 Å². The fourth-order valence-electron chi connectivity index (χ4n) is 1.67. The number of hydrogen-bond acceptors (Lipinski definition) is 4. The van der Waals surface area contributed by atoms with Crippen LogP contribution >= 0.6 is 0 Å². The molecule has 0 saturated heterocycles. The molecule has 1 unspecified atom stereocenters. The van der Waals surface area contributed by atoms with Crippen molar-refractivity contribution < 1.29 is 18.3 Å². The van der Waals surface area contributed by atoms with Crippen molar-refractivity contribution in [3.63, 3.8) is 0 Å². The Labute approximate surface area is 117 Å². The molecule has 20 heavy (non-hydrogen) atoms. The number of benzene rings is 1. The SMILES string of the molecule is CCC(O)c1ccc(C(=O)N=C(N)N)cc1S(C)(=O)=O. The number of aliphatic hydroxyl groups is 1. The Hall–Kier alpha value is -1.93. The molecule has 1 aromatic carbocycles. The zero-order valence-corrected chi connectivity index (χ0v) is 12.0. The highest BCUT2D eigenvalue weighted by molar-refractivity contribution is 7.90. The number of nitrogens with two attached hydrogens (primary N) is 2. The zero-order valence-electron chi connectivity index (χ0n) is 11.2. The van der Waals surface area contributed by atoms with Gasteiger partial charge in [-0.1, -0.05) is 13.0 Å². The van der Waals surface area contributed by atoms with Gasteiger partial charge in [0, 0.05) is 11.8 Å². The van der Waals surface area contributed by atoms with Crippen molar-refractivity contribution in [2.24, 2.45) is 16.5 Å². The number of rotatable bonds is 4. The standard InChI is InChI=1S/C12H17N3O4S/c1-3-9(16)8-5-4-7(11(17)15-12(13)14)6-10(8)20(2,18)19/h4-6,9,16H,3H2,1-2H3,(H4,13,14,15,17). The molecule has 0 aliphatic heterocycles. The minimum atomic E-state index is -3.60. The molecule has 0 radical (unpaired) electrons. The van der Waals surface area contributed by atoms with E-state index < -0.39 is 27.8 Å². The fourth-order valence-corrected chi connectivity index (χ4v) is 2.64. The van der Waals surface area contributed by atoms with Gasteiger partial charge in [-0.15, -0.1) is 0 Å². The number of aliphatic imine (C=N–C) groups is 1. The maximum Gasteiger partial charge on any atom is 0.280 e. The zero-order chi connectivity index (χ0) is 15.5. The largest absolute Gasteiger partial charge is 0.388 e. The molecule has 0 aliphatic rings. The summed E-state index contributed by atoms with van der Waals surface area (Å²) in [6.07, 6.45) is 0.430. The van der Waals surface area contributed by atoms with E-state index in [1.165, 1.54) is 18.2 Å². The van der Waals surface area contributed by atoms with Crippen LogP contribution in [-0.4, -0.2) is 31.6 Å². The van der Waals surface area contributed by atoms with Gasteiger partial charge in [-0.25, -0.2) is 8.42 Å². The molecule has 0 heterocycles. The average molecular weight is 299 g/mol. The van der Waals surface area contributed by atoms with Gasteiger partial charge in [0.1, 0.15) is 0 Å². The Bertz CT molecular complexity index is 649. The van der Waals surface area contributed by atoms with Crippen molar-refractivity contribution in [2.45, 2.75) is 24.3 Å². The molecule has 5 N–H and O–H groups in total. The summed E-state index contributed by atoms with van der Waals surface area (Å²) in [5, 5.41) is 9.83. The third kappa shape index (κ3) is 3.78. The number of hydrogen-bond donors (Lipinski definition) is 3. The third-order valence-electron chi connectivity index (χ3n) is 2.64. The number of carbonyl (C=O) groups is 1. The Morgan fingerprint density at radius 3 is 2.45 bits per heavy atom. The molecule has 0 spiro atoms. The van der Waals surface area contributed by atoms with Gasteiger partial charge in [0.2, 0.25) is 0 Å². The van der Waals surface area contributed by atoms with Crippen molar-refractivity contribution in [3.8, 4) is 0 Å². The molecule has 1 rings (SSSR count). The van der Waals surface area contributed by atoms with Crippen LogP contribution in [0.15, 0.2) is 28.1 Å². The molecular weight excluding hydrogens is 282 g/mol. The Balaban J connectivity index is 3.44. The third-order valence-corrected chi connectivity index (χ3v) is 3.79. The maximum absolute atomic E-state index is 11.8. The normalized spacial score (nSPS) is 12.8. The van der Waals surface area contributed by atoms with Crippen LogP contribution in [0.4, 0.5) is 0 Å². The van der Waals surface area contributed by atoms with Gasteiger partial charge in [0.05, 0.1) is 11.0 Å². The van der Waals surface area contributed by atoms with Gasteiger partial charge in [0.25, 0.3) is 5.91 Å². The Morgan fingerprint density at radius 1 is 1.40 bits per heavy atom. The predicted octanol–water partition coefficient (Wildman–Crippen LogP) is -0.0529. The van der Waals surface area contributed by atoms with Crippen molar-refractivity contribution in [2.75, 3.05) is 6.26 Å². The van der Waals surface area contributed by atoms with Gasteiger partial charge in [-0.2, -0.15) is 4.99 Å². The predicted molar refractivity (Wildman–Crippen MR) is 74.9 cm³/mol. The highest BCUT2D eigenvalue weighted by atomic mass is 32.2. The maximum atomic E-state index is 11.8. The van der Waals surface area contributed by atoms with Crippen LogP contribution in [0, 0.1) is 0 Å². The molecular formula is C12H17N3O4S. The number of aliphatic hydroxyl groups excluding tert-OH is 1. The molecule has 110 valence electrons. The summed E-state index contributed by atoms with van der Waals surface area (Å²) < 4.78 is 23.5. The van der Waals surface area contributed by atoms with Gasteiger partial charge in [-0.05, 0) is 24.1 Å². The second kappa shape index (κ2) is 6.02. The van der Waals surface area contributed by atoms with Crippen LogP contribution in [0.5, 0.6) is 0 Å². The monoisotopic (exact) mass is 299 g/mol. The number of guanidine groups is 1. The van der Waals surface area contributed by atoms with Crippen molar-refractivity contribution in [1.82, 2.24) is 0 Å². The topological polar surface area (TPSA) is 136 Å². The first-order valence-electron chi connectivity index (χ1n) is 5.82. The van der Waals surface area contributed by atoms with E-state index in [9.17, 15) is 18.3 Å². The quantitative estimate of drug-likeness (QED) is 0.526. The lowest BCUT2D eigenvalue weighted by atomic mass is 10.0. The summed E-state index contributed by atoms with van der Waals surface area (Å²) in [4.78, 5) is 14.9. The summed E-state index contributed by atoms with van der Waals surface area (Å²) in [5.41, 5.74) is 10.5. The van der Waals surface area contributed by atoms with Crippen molar-refractivity contribution in [3.05, 3.63) is 29.3 Å². The van der Waals surface area contributed by atoms with Crippen molar-refractivity contribution >= 4 is 21.7 Å². The summed E-state index contributed by atoms with van der Waals surface area (Å²) >= 11 is 0. The summed E-state index contributed by atoms with van der Waals surface area (Å²) in [6, 6.07) is 3.93. The fraction of sp³-hybridized carbons (Fsp3) is 0.333. The smallest absolute Gasteiger partial charge is 0.280 e. The lowest BCUT2D eigenvalue weighted by molar-refractivity contribution is 0.100.